The maximum Gasteiger partial charge on any atom is 0.119 e. The summed E-state index contributed by atoms with van der Waals surface area (Å²) < 4.78 is 5.68. The summed E-state index contributed by atoms with van der Waals surface area (Å²) in [6.45, 7) is 9.07. The van der Waals surface area contributed by atoms with Crippen LogP contribution in [0.3, 0.4) is 0 Å². The Kier molecular flexibility index (Phi) is 7.14. The highest BCUT2D eigenvalue weighted by molar-refractivity contribution is 5.27. The maximum absolute atomic E-state index is 8.92. The van der Waals surface area contributed by atoms with Gasteiger partial charge in [-0.15, -0.1) is 6.58 Å². The minimum absolute atomic E-state index is 0.187. The molecule has 0 heterocycles. The van der Waals surface area contributed by atoms with Gasteiger partial charge in [0.15, 0.2) is 0 Å². The molecule has 0 aliphatic carbocycles. The van der Waals surface area contributed by atoms with Crippen molar-refractivity contribution in [3.63, 3.8) is 0 Å². The SMILES string of the molecule is C=CCN(CCO)CCCOc1cccc(C)c1. The second-order valence-electron chi connectivity index (χ2n) is 4.33. The van der Waals surface area contributed by atoms with Crippen LogP contribution in [-0.4, -0.2) is 42.9 Å². The number of aliphatic hydroxyl groups excluding tert-OH is 1. The summed E-state index contributed by atoms with van der Waals surface area (Å²) in [6, 6.07) is 8.07. The Morgan fingerprint density at radius 2 is 2.22 bits per heavy atom. The molecule has 0 amide bonds. The molecule has 1 aromatic carbocycles. The monoisotopic (exact) mass is 249 g/mol. The van der Waals surface area contributed by atoms with Crippen molar-refractivity contribution in [1.29, 1.82) is 0 Å². The normalized spacial score (nSPS) is 10.6. The smallest absolute Gasteiger partial charge is 0.119 e. The van der Waals surface area contributed by atoms with Gasteiger partial charge in [0, 0.05) is 19.6 Å². The number of nitrogens with zero attached hydrogens (tertiary/aromatic N) is 1. The average Bonchev–Trinajstić information content (AvgIpc) is 2.35. The molecule has 0 saturated heterocycles. The number of rotatable bonds is 9. The molecule has 3 nitrogen and oxygen atoms in total. The van der Waals surface area contributed by atoms with Gasteiger partial charge in [-0.25, -0.2) is 0 Å². The van der Waals surface area contributed by atoms with Crippen molar-refractivity contribution < 1.29 is 9.84 Å². The second kappa shape index (κ2) is 8.72. The first-order chi connectivity index (χ1) is 8.76. The fraction of sp³-hybridized carbons (Fsp3) is 0.467. The predicted molar refractivity (Wildman–Crippen MR) is 75.0 cm³/mol. The molecular formula is C15H23NO2. The Balaban J connectivity index is 2.22. The highest BCUT2D eigenvalue weighted by Crippen LogP contribution is 2.12. The molecule has 0 radical (unpaired) electrons. The van der Waals surface area contributed by atoms with E-state index in [2.05, 4.69) is 24.5 Å². The van der Waals surface area contributed by atoms with Gasteiger partial charge in [0.05, 0.1) is 13.2 Å². The molecule has 1 aromatic rings. The van der Waals surface area contributed by atoms with E-state index >= 15 is 0 Å². The third-order valence-electron chi connectivity index (χ3n) is 2.68. The Morgan fingerprint density at radius 3 is 2.89 bits per heavy atom. The first-order valence-corrected chi connectivity index (χ1v) is 6.40. The molecule has 0 atom stereocenters. The van der Waals surface area contributed by atoms with E-state index in [1.54, 1.807) is 0 Å². The van der Waals surface area contributed by atoms with Crippen LogP contribution in [0.25, 0.3) is 0 Å². The van der Waals surface area contributed by atoms with Gasteiger partial charge in [0.2, 0.25) is 0 Å². The van der Waals surface area contributed by atoms with Crippen LogP contribution in [0.1, 0.15) is 12.0 Å². The van der Waals surface area contributed by atoms with Crippen LogP contribution in [0.4, 0.5) is 0 Å². The number of aryl methyl sites for hydroxylation is 1. The molecule has 1 rings (SSSR count). The van der Waals surface area contributed by atoms with E-state index in [-0.39, 0.29) is 6.61 Å². The quantitative estimate of drug-likeness (QED) is 0.538. The van der Waals surface area contributed by atoms with Crippen molar-refractivity contribution in [1.82, 2.24) is 4.90 Å². The maximum atomic E-state index is 8.92. The zero-order chi connectivity index (χ0) is 13.2. The molecule has 18 heavy (non-hydrogen) atoms. The summed E-state index contributed by atoms with van der Waals surface area (Å²) in [5.74, 6) is 0.924. The summed E-state index contributed by atoms with van der Waals surface area (Å²) in [4.78, 5) is 2.16. The lowest BCUT2D eigenvalue weighted by Gasteiger charge is -2.19. The van der Waals surface area contributed by atoms with Crippen LogP contribution in [0.2, 0.25) is 0 Å². The lowest BCUT2D eigenvalue weighted by atomic mass is 10.2. The molecule has 0 spiro atoms. The zero-order valence-corrected chi connectivity index (χ0v) is 11.1. The van der Waals surface area contributed by atoms with Gasteiger partial charge >= 0.3 is 0 Å². The molecule has 0 aliphatic rings. The molecule has 3 heteroatoms. The Bertz CT molecular complexity index is 352. The van der Waals surface area contributed by atoms with Gasteiger partial charge in [-0.05, 0) is 31.0 Å². The van der Waals surface area contributed by atoms with Crippen LogP contribution in [0.5, 0.6) is 5.75 Å². The van der Waals surface area contributed by atoms with Gasteiger partial charge in [-0.2, -0.15) is 0 Å². The highest BCUT2D eigenvalue weighted by Gasteiger charge is 2.01. The molecule has 0 bridgehead atoms. The molecule has 0 aromatic heterocycles. The third-order valence-corrected chi connectivity index (χ3v) is 2.68. The molecule has 0 saturated carbocycles. The molecular weight excluding hydrogens is 226 g/mol. The molecule has 100 valence electrons. The van der Waals surface area contributed by atoms with Crippen molar-refractivity contribution in [2.45, 2.75) is 13.3 Å². The fourth-order valence-corrected chi connectivity index (χ4v) is 1.80. The number of aliphatic hydroxyl groups is 1. The largest absolute Gasteiger partial charge is 0.494 e. The lowest BCUT2D eigenvalue weighted by molar-refractivity contribution is 0.195. The van der Waals surface area contributed by atoms with Crippen molar-refractivity contribution in [3.8, 4) is 5.75 Å². The van der Waals surface area contributed by atoms with Gasteiger partial charge < -0.3 is 9.84 Å². The van der Waals surface area contributed by atoms with Crippen LogP contribution < -0.4 is 4.74 Å². The summed E-state index contributed by atoms with van der Waals surface area (Å²) in [5, 5.41) is 8.92. The van der Waals surface area contributed by atoms with E-state index in [4.69, 9.17) is 9.84 Å². The van der Waals surface area contributed by atoms with Gasteiger partial charge in [-0.3, -0.25) is 4.90 Å². The van der Waals surface area contributed by atoms with Gasteiger partial charge in [-0.1, -0.05) is 18.2 Å². The minimum Gasteiger partial charge on any atom is -0.494 e. The van der Waals surface area contributed by atoms with E-state index in [9.17, 15) is 0 Å². The van der Waals surface area contributed by atoms with E-state index in [1.165, 1.54) is 5.56 Å². The van der Waals surface area contributed by atoms with Crippen LogP contribution in [0.15, 0.2) is 36.9 Å². The molecule has 0 unspecified atom stereocenters. The van der Waals surface area contributed by atoms with Gasteiger partial charge in [0.25, 0.3) is 0 Å². The van der Waals surface area contributed by atoms with Crippen molar-refractivity contribution in [3.05, 3.63) is 42.5 Å². The van der Waals surface area contributed by atoms with Crippen LogP contribution >= 0.6 is 0 Å². The van der Waals surface area contributed by atoms with E-state index < -0.39 is 0 Å². The lowest BCUT2D eigenvalue weighted by Crippen LogP contribution is -2.29. The van der Waals surface area contributed by atoms with E-state index in [0.717, 1.165) is 25.3 Å². The van der Waals surface area contributed by atoms with Crippen molar-refractivity contribution in [2.24, 2.45) is 0 Å². The summed E-state index contributed by atoms with van der Waals surface area (Å²) in [7, 11) is 0. The summed E-state index contributed by atoms with van der Waals surface area (Å²) in [5.41, 5.74) is 1.21. The van der Waals surface area contributed by atoms with E-state index in [0.29, 0.717) is 13.2 Å². The third kappa shape index (κ3) is 5.84. The number of ether oxygens (including phenoxy) is 1. The van der Waals surface area contributed by atoms with Crippen LogP contribution in [-0.2, 0) is 0 Å². The first-order valence-electron chi connectivity index (χ1n) is 6.40. The van der Waals surface area contributed by atoms with Crippen LogP contribution in [0, 0.1) is 6.92 Å². The Hall–Kier alpha value is -1.32. The number of hydrogen-bond acceptors (Lipinski definition) is 3. The molecule has 1 N–H and O–H groups in total. The highest BCUT2D eigenvalue weighted by atomic mass is 16.5. The minimum atomic E-state index is 0.187. The fourth-order valence-electron chi connectivity index (χ4n) is 1.80. The van der Waals surface area contributed by atoms with Crippen molar-refractivity contribution >= 4 is 0 Å². The first kappa shape index (κ1) is 14.7. The standard InChI is InChI=1S/C15H23NO2/c1-3-8-16(10-11-17)9-5-12-18-15-7-4-6-14(2)13-15/h3-4,6-7,13,17H,1,5,8-12H2,2H3. The number of hydrogen-bond donors (Lipinski definition) is 1. The molecule has 0 fully saturated rings. The molecule has 0 aliphatic heterocycles. The second-order valence-corrected chi connectivity index (χ2v) is 4.33. The summed E-state index contributed by atoms with van der Waals surface area (Å²) >= 11 is 0. The Labute approximate surface area is 110 Å². The average molecular weight is 249 g/mol. The van der Waals surface area contributed by atoms with Crippen molar-refractivity contribution in [2.75, 3.05) is 32.8 Å². The van der Waals surface area contributed by atoms with Gasteiger partial charge in [0.1, 0.15) is 5.75 Å². The topological polar surface area (TPSA) is 32.7 Å². The Morgan fingerprint density at radius 1 is 1.39 bits per heavy atom. The zero-order valence-electron chi connectivity index (χ0n) is 11.1. The summed E-state index contributed by atoms with van der Waals surface area (Å²) in [6.07, 6.45) is 2.80. The van der Waals surface area contributed by atoms with E-state index in [1.807, 2.05) is 24.3 Å². The number of benzene rings is 1. The predicted octanol–water partition coefficient (Wildman–Crippen LogP) is 2.24.